The topological polar surface area (TPSA) is 89.7 Å². The number of ether oxygens (including phenoxy) is 1. The van der Waals surface area contributed by atoms with Gasteiger partial charge in [-0.05, 0) is 55.0 Å². The molecule has 0 unspecified atom stereocenters. The quantitative estimate of drug-likeness (QED) is 0.776. The van der Waals surface area contributed by atoms with Crippen molar-refractivity contribution in [2.75, 3.05) is 17.5 Å². The molecular weight excluding hydrogens is 347 g/mol. The van der Waals surface area contributed by atoms with Crippen LogP contribution in [0.4, 0.5) is 10.1 Å². The van der Waals surface area contributed by atoms with Crippen LogP contribution in [-0.4, -0.2) is 27.5 Å². The Labute approximate surface area is 146 Å². The first kappa shape index (κ1) is 18.7. The number of hydrogen-bond acceptors (Lipinski definition) is 4. The molecule has 2 aromatic carbocycles. The first-order valence-electron chi connectivity index (χ1n) is 7.64. The average Bonchev–Trinajstić information content (AvgIpc) is 2.58. The lowest BCUT2D eigenvalue weighted by Gasteiger charge is -2.23. The number of benzene rings is 2. The third-order valence-electron chi connectivity index (χ3n) is 3.30. The van der Waals surface area contributed by atoms with Crippen LogP contribution in [0, 0.1) is 5.82 Å². The van der Waals surface area contributed by atoms with Gasteiger partial charge >= 0.3 is 0 Å². The minimum atomic E-state index is -4.07. The SMILES string of the molecule is CCCOc1ccc(N(CC(N)=O)S(=O)(=O)c2ccc(F)cc2)cc1. The summed E-state index contributed by atoms with van der Waals surface area (Å²) in [5.74, 6) is -0.779. The Morgan fingerprint density at radius 1 is 1.12 bits per heavy atom. The van der Waals surface area contributed by atoms with Gasteiger partial charge in [-0.2, -0.15) is 0 Å². The molecule has 0 aromatic heterocycles. The predicted molar refractivity (Wildman–Crippen MR) is 92.4 cm³/mol. The molecule has 0 heterocycles. The van der Waals surface area contributed by atoms with E-state index in [2.05, 4.69) is 0 Å². The van der Waals surface area contributed by atoms with E-state index in [4.69, 9.17) is 10.5 Å². The lowest BCUT2D eigenvalue weighted by atomic mass is 10.3. The molecule has 6 nitrogen and oxygen atoms in total. The van der Waals surface area contributed by atoms with Crippen molar-refractivity contribution in [3.63, 3.8) is 0 Å². The highest BCUT2D eigenvalue weighted by Crippen LogP contribution is 2.26. The fourth-order valence-electron chi connectivity index (χ4n) is 2.12. The molecule has 1 amide bonds. The van der Waals surface area contributed by atoms with Crippen molar-refractivity contribution in [1.29, 1.82) is 0 Å². The summed E-state index contributed by atoms with van der Waals surface area (Å²) in [4.78, 5) is 11.2. The largest absolute Gasteiger partial charge is 0.494 e. The van der Waals surface area contributed by atoms with Gasteiger partial charge in [-0.25, -0.2) is 12.8 Å². The van der Waals surface area contributed by atoms with Crippen LogP contribution in [0.1, 0.15) is 13.3 Å². The number of carbonyl (C=O) groups excluding carboxylic acids is 1. The first-order chi connectivity index (χ1) is 11.8. The minimum Gasteiger partial charge on any atom is -0.494 e. The van der Waals surface area contributed by atoms with E-state index in [0.717, 1.165) is 35.0 Å². The van der Waals surface area contributed by atoms with Crippen molar-refractivity contribution in [3.8, 4) is 5.75 Å². The summed E-state index contributed by atoms with van der Waals surface area (Å²) < 4.78 is 45.0. The van der Waals surface area contributed by atoms with E-state index >= 15 is 0 Å². The summed E-state index contributed by atoms with van der Waals surface area (Å²) in [6.45, 7) is 1.98. The normalized spacial score (nSPS) is 11.1. The van der Waals surface area contributed by atoms with Crippen LogP contribution in [-0.2, 0) is 14.8 Å². The first-order valence-corrected chi connectivity index (χ1v) is 9.08. The van der Waals surface area contributed by atoms with Crippen molar-refractivity contribution in [2.45, 2.75) is 18.2 Å². The van der Waals surface area contributed by atoms with Gasteiger partial charge < -0.3 is 10.5 Å². The summed E-state index contributed by atoms with van der Waals surface area (Å²) in [6, 6.07) is 10.6. The Kier molecular flexibility index (Phi) is 5.97. The Balaban J connectivity index is 2.38. The van der Waals surface area contributed by atoms with Gasteiger partial charge in [0.05, 0.1) is 17.2 Å². The molecule has 0 bridgehead atoms. The maximum atomic E-state index is 13.1. The van der Waals surface area contributed by atoms with E-state index in [1.165, 1.54) is 12.1 Å². The maximum absolute atomic E-state index is 13.1. The Morgan fingerprint density at radius 3 is 2.24 bits per heavy atom. The fourth-order valence-corrected chi connectivity index (χ4v) is 3.55. The van der Waals surface area contributed by atoms with Crippen molar-refractivity contribution >= 4 is 21.6 Å². The van der Waals surface area contributed by atoms with Crippen LogP contribution >= 0.6 is 0 Å². The van der Waals surface area contributed by atoms with Gasteiger partial charge in [-0.3, -0.25) is 9.10 Å². The molecule has 2 aromatic rings. The smallest absolute Gasteiger partial charge is 0.264 e. The zero-order valence-corrected chi connectivity index (χ0v) is 14.5. The second-order valence-corrected chi connectivity index (χ2v) is 7.14. The van der Waals surface area contributed by atoms with Crippen molar-refractivity contribution in [3.05, 3.63) is 54.3 Å². The number of nitrogens with two attached hydrogens (primary N) is 1. The number of hydrogen-bond donors (Lipinski definition) is 1. The van der Waals surface area contributed by atoms with E-state index in [9.17, 15) is 17.6 Å². The lowest BCUT2D eigenvalue weighted by molar-refractivity contribution is -0.116. The van der Waals surface area contributed by atoms with E-state index in [1.807, 2.05) is 6.92 Å². The zero-order chi connectivity index (χ0) is 18.4. The molecule has 0 saturated carbocycles. The van der Waals surface area contributed by atoms with Crippen molar-refractivity contribution in [1.82, 2.24) is 0 Å². The van der Waals surface area contributed by atoms with Gasteiger partial charge in [0.2, 0.25) is 5.91 Å². The van der Waals surface area contributed by atoms with Crippen LogP contribution in [0.5, 0.6) is 5.75 Å². The highest BCUT2D eigenvalue weighted by atomic mass is 32.2. The molecule has 0 aliphatic heterocycles. The Morgan fingerprint density at radius 2 is 1.72 bits per heavy atom. The van der Waals surface area contributed by atoms with E-state index < -0.39 is 28.3 Å². The second-order valence-electron chi connectivity index (χ2n) is 5.27. The molecule has 0 atom stereocenters. The summed E-state index contributed by atoms with van der Waals surface area (Å²) in [7, 11) is -4.07. The highest BCUT2D eigenvalue weighted by Gasteiger charge is 2.26. The number of primary amides is 1. The van der Waals surface area contributed by atoms with Gasteiger partial charge in [0.15, 0.2) is 0 Å². The Hall–Kier alpha value is -2.61. The standard InChI is InChI=1S/C17H19FN2O4S/c1-2-11-24-15-7-5-14(6-8-15)20(12-17(19)21)25(22,23)16-9-3-13(18)4-10-16/h3-10H,2,11-12H2,1H3,(H2,19,21). The number of nitrogens with zero attached hydrogens (tertiary/aromatic N) is 1. The molecule has 2 rings (SSSR count). The molecule has 25 heavy (non-hydrogen) atoms. The van der Waals surface area contributed by atoms with Crippen LogP contribution < -0.4 is 14.8 Å². The second kappa shape index (κ2) is 7.98. The maximum Gasteiger partial charge on any atom is 0.264 e. The van der Waals surface area contributed by atoms with E-state index in [-0.39, 0.29) is 10.6 Å². The number of anilines is 1. The number of amides is 1. The average molecular weight is 366 g/mol. The molecule has 0 aliphatic rings. The van der Waals surface area contributed by atoms with Crippen molar-refractivity contribution in [2.24, 2.45) is 5.73 Å². The summed E-state index contributed by atoms with van der Waals surface area (Å²) >= 11 is 0. The van der Waals surface area contributed by atoms with Crippen LogP contribution in [0.15, 0.2) is 53.4 Å². The third-order valence-corrected chi connectivity index (χ3v) is 5.09. The van der Waals surface area contributed by atoms with E-state index in [0.29, 0.717) is 12.4 Å². The van der Waals surface area contributed by atoms with Crippen LogP contribution in [0.3, 0.4) is 0 Å². The molecule has 134 valence electrons. The molecule has 0 spiro atoms. The zero-order valence-electron chi connectivity index (χ0n) is 13.7. The molecule has 2 N–H and O–H groups in total. The lowest BCUT2D eigenvalue weighted by Crippen LogP contribution is -2.38. The molecule has 0 fully saturated rings. The van der Waals surface area contributed by atoms with E-state index in [1.54, 1.807) is 12.1 Å². The molecule has 0 aliphatic carbocycles. The van der Waals surface area contributed by atoms with Crippen LogP contribution in [0.25, 0.3) is 0 Å². The minimum absolute atomic E-state index is 0.138. The Bertz CT molecular complexity index is 821. The highest BCUT2D eigenvalue weighted by molar-refractivity contribution is 7.92. The monoisotopic (exact) mass is 366 g/mol. The number of carbonyl (C=O) groups is 1. The summed E-state index contributed by atoms with van der Waals surface area (Å²) in [5.41, 5.74) is 5.45. The van der Waals surface area contributed by atoms with Crippen molar-refractivity contribution < 1.29 is 22.3 Å². The third kappa shape index (κ3) is 4.69. The molecule has 0 radical (unpaired) electrons. The molecule has 0 saturated heterocycles. The van der Waals surface area contributed by atoms with Gasteiger partial charge in [-0.15, -0.1) is 0 Å². The van der Waals surface area contributed by atoms with Gasteiger partial charge in [0.25, 0.3) is 10.0 Å². The fraction of sp³-hybridized carbons (Fsp3) is 0.235. The van der Waals surface area contributed by atoms with Gasteiger partial charge in [0, 0.05) is 0 Å². The molecule has 8 heteroatoms. The number of halogens is 1. The molecular formula is C17H19FN2O4S. The summed E-state index contributed by atoms with van der Waals surface area (Å²) in [5, 5.41) is 0. The number of sulfonamides is 1. The number of rotatable bonds is 8. The summed E-state index contributed by atoms with van der Waals surface area (Å²) in [6.07, 6.45) is 0.842. The van der Waals surface area contributed by atoms with Crippen LogP contribution in [0.2, 0.25) is 0 Å². The van der Waals surface area contributed by atoms with Gasteiger partial charge in [-0.1, -0.05) is 6.92 Å². The van der Waals surface area contributed by atoms with Gasteiger partial charge in [0.1, 0.15) is 18.1 Å². The predicted octanol–water partition coefficient (Wildman–Crippen LogP) is 2.30.